The van der Waals surface area contributed by atoms with Crippen molar-refractivity contribution in [2.75, 3.05) is 31.1 Å². The standard InChI is InChI=1S/C14H21N3O2/c18-10-7-15-16-11-12-1-3-13(4-2-12)17-8-5-14(19)6-9-17/h1-4,11,14-15,18-19H,5-10H2. The Labute approximate surface area is 113 Å². The zero-order valence-electron chi connectivity index (χ0n) is 11.0. The normalized spacial score (nSPS) is 17.1. The number of aliphatic hydroxyl groups excluding tert-OH is 2. The van der Waals surface area contributed by atoms with Crippen molar-refractivity contribution in [3.05, 3.63) is 29.8 Å². The molecule has 0 aliphatic carbocycles. The molecule has 1 fully saturated rings. The van der Waals surface area contributed by atoms with Crippen molar-refractivity contribution >= 4 is 11.9 Å². The van der Waals surface area contributed by atoms with Crippen LogP contribution in [0, 0.1) is 0 Å². The van der Waals surface area contributed by atoms with Crippen LogP contribution in [0.15, 0.2) is 29.4 Å². The van der Waals surface area contributed by atoms with E-state index in [2.05, 4.69) is 27.6 Å². The summed E-state index contributed by atoms with van der Waals surface area (Å²) in [6, 6.07) is 8.19. The Bertz CT molecular complexity index is 398. The van der Waals surface area contributed by atoms with E-state index in [1.165, 1.54) is 5.69 Å². The average Bonchev–Trinajstić information content (AvgIpc) is 2.45. The zero-order chi connectivity index (χ0) is 13.5. The Morgan fingerprint density at radius 3 is 2.58 bits per heavy atom. The van der Waals surface area contributed by atoms with E-state index in [0.29, 0.717) is 6.54 Å². The van der Waals surface area contributed by atoms with E-state index in [1.54, 1.807) is 6.21 Å². The van der Waals surface area contributed by atoms with Crippen molar-refractivity contribution in [1.29, 1.82) is 0 Å². The molecule has 0 saturated carbocycles. The maximum Gasteiger partial charge on any atom is 0.0620 e. The van der Waals surface area contributed by atoms with Gasteiger partial charge in [-0.15, -0.1) is 0 Å². The summed E-state index contributed by atoms with van der Waals surface area (Å²) in [7, 11) is 0. The van der Waals surface area contributed by atoms with Crippen LogP contribution in [0.25, 0.3) is 0 Å². The van der Waals surface area contributed by atoms with Gasteiger partial charge in [0.1, 0.15) is 0 Å². The highest BCUT2D eigenvalue weighted by Gasteiger charge is 2.16. The van der Waals surface area contributed by atoms with Crippen molar-refractivity contribution in [1.82, 2.24) is 5.43 Å². The van der Waals surface area contributed by atoms with Gasteiger partial charge >= 0.3 is 0 Å². The van der Waals surface area contributed by atoms with Crippen LogP contribution >= 0.6 is 0 Å². The molecule has 1 aromatic rings. The van der Waals surface area contributed by atoms with E-state index in [-0.39, 0.29) is 12.7 Å². The maximum absolute atomic E-state index is 9.49. The highest BCUT2D eigenvalue weighted by Crippen LogP contribution is 2.20. The van der Waals surface area contributed by atoms with E-state index in [0.717, 1.165) is 31.5 Å². The molecule has 1 aliphatic heterocycles. The van der Waals surface area contributed by atoms with Crippen LogP contribution in [0.3, 0.4) is 0 Å². The number of hydrogen-bond acceptors (Lipinski definition) is 5. The summed E-state index contributed by atoms with van der Waals surface area (Å²) in [6.45, 7) is 2.36. The first kappa shape index (κ1) is 13.8. The van der Waals surface area contributed by atoms with Gasteiger partial charge in [0, 0.05) is 18.8 Å². The number of hydrogen-bond donors (Lipinski definition) is 3. The van der Waals surface area contributed by atoms with Crippen molar-refractivity contribution in [2.45, 2.75) is 18.9 Å². The fraction of sp³-hybridized carbons (Fsp3) is 0.500. The molecule has 0 atom stereocenters. The van der Waals surface area contributed by atoms with Gasteiger partial charge in [0.05, 0.1) is 25.5 Å². The van der Waals surface area contributed by atoms with Gasteiger partial charge in [-0.2, -0.15) is 5.10 Å². The predicted molar refractivity (Wildman–Crippen MR) is 76.6 cm³/mol. The van der Waals surface area contributed by atoms with Gasteiger partial charge in [0.25, 0.3) is 0 Å². The minimum absolute atomic E-state index is 0.0804. The number of nitrogens with one attached hydrogen (secondary N) is 1. The maximum atomic E-state index is 9.49. The van der Waals surface area contributed by atoms with Gasteiger partial charge in [-0.1, -0.05) is 12.1 Å². The second kappa shape index (κ2) is 7.11. The van der Waals surface area contributed by atoms with E-state index in [1.807, 2.05) is 12.1 Å². The van der Waals surface area contributed by atoms with Gasteiger partial charge in [-0.05, 0) is 30.5 Å². The first-order valence-electron chi connectivity index (χ1n) is 6.69. The number of piperidine rings is 1. The molecule has 5 nitrogen and oxygen atoms in total. The van der Waals surface area contributed by atoms with E-state index in [9.17, 15) is 5.11 Å². The topological polar surface area (TPSA) is 68.1 Å². The van der Waals surface area contributed by atoms with E-state index in [4.69, 9.17) is 5.11 Å². The van der Waals surface area contributed by atoms with E-state index >= 15 is 0 Å². The second-order valence-corrected chi connectivity index (χ2v) is 4.70. The minimum Gasteiger partial charge on any atom is -0.394 e. The number of benzene rings is 1. The molecule has 3 N–H and O–H groups in total. The fourth-order valence-electron chi connectivity index (χ4n) is 2.13. The molecule has 1 saturated heterocycles. The van der Waals surface area contributed by atoms with Gasteiger partial charge in [-0.3, -0.25) is 0 Å². The summed E-state index contributed by atoms with van der Waals surface area (Å²) in [5.74, 6) is 0. The number of nitrogens with zero attached hydrogens (tertiary/aromatic N) is 2. The molecule has 19 heavy (non-hydrogen) atoms. The van der Waals surface area contributed by atoms with Gasteiger partial charge in [0.2, 0.25) is 0 Å². The predicted octanol–water partition coefficient (Wildman–Crippen LogP) is 0.563. The first-order valence-corrected chi connectivity index (χ1v) is 6.69. The number of hydrazone groups is 1. The summed E-state index contributed by atoms with van der Waals surface area (Å²) < 4.78 is 0. The lowest BCUT2D eigenvalue weighted by Gasteiger charge is -2.31. The second-order valence-electron chi connectivity index (χ2n) is 4.70. The van der Waals surface area contributed by atoms with Crippen LogP contribution in [0.1, 0.15) is 18.4 Å². The quantitative estimate of drug-likeness (QED) is 0.412. The third-order valence-electron chi connectivity index (χ3n) is 3.25. The molecule has 5 heteroatoms. The van der Waals surface area contributed by atoms with Crippen molar-refractivity contribution in [3.63, 3.8) is 0 Å². The molecule has 0 radical (unpaired) electrons. The first-order chi connectivity index (χ1) is 9.29. The molecule has 0 aromatic heterocycles. The molecule has 1 aliphatic rings. The third-order valence-corrected chi connectivity index (χ3v) is 3.25. The molecule has 1 aromatic carbocycles. The summed E-state index contributed by atoms with van der Waals surface area (Å²) in [5, 5.41) is 22.1. The molecule has 1 heterocycles. The lowest BCUT2D eigenvalue weighted by atomic mass is 10.1. The Balaban J connectivity index is 1.89. The zero-order valence-corrected chi connectivity index (χ0v) is 11.0. The van der Waals surface area contributed by atoms with Crippen LogP contribution in [-0.2, 0) is 0 Å². The lowest BCUT2D eigenvalue weighted by molar-refractivity contribution is 0.145. The summed E-state index contributed by atoms with van der Waals surface area (Å²) in [5.41, 5.74) is 4.95. The molecule has 2 rings (SSSR count). The van der Waals surface area contributed by atoms with Gasteiger partial charge in [-0.25, -0.2) is 0 Å². The van der Waals surface area contributed by atoms with Crippen molar-refractivity contribution in [2.24, 2.45) is 5.10 Å². The van der Waals surface area contributed by atoms with E-state index < -0.39 is 0 Å². The lowest BCUT2D eigenvalue weighted by Crippen LogP contribution is -2.35. The van der Waals surface area contributed by atoms with Crippen molar-refractivity contribution < 1.29 is 10.2 Å². The Hall–Kier alpha value is -1.59. The smallest absolute Gasteiger partial charge is 0.0620 e. The highest BCUT2D eigenvalue weighted by atomic mass is 16.3. The minimum atomic E-state index is -0.139. The molecule has 0 unspecified atom stereocenters. The Morgan fingerprint density at radius 2 is 1.95 bits per heavy atom. The number of anilines is 1. The van der Waals surface area contributed by atoms with Gasteiger partial charge < -0.3 is 20.5 Å². The number of aliphatic hydroxyl groups is 2. The van der Waals surface area contributed by atoms with Gasteiger partial charge in [0.15, 0.2) is 0 Å². The number of rotatable bonds is 5. The monoisotopic (exact) mass is 263 g/mol. The Kier molecular flexibility index (Phi) is 5.18. The molecule has 0 bridgehead atoms. The van der Waals surface area contributed by atoms with Crippen LogP contribution in [-0.4, -0.2) is 48.8 Å². The molecule has 104 valence electrons. The van der Waals surface area contributed by atoms with Crippen LogP contribution in [0.5, 0.6) is 0 Å². The largest absolute Gasteiger partial charge is 0.394 e. The van der Waals surface area contributed by atoms with Crippen LogP contribution < -0.4 is 10.3 Å². The summed E-state index contributed by atoms with van der Waals surface area (Å²) in [4.78, 5) is 2.29. The average molecular weight is 263 g/mol. The summed E-state index contributed by atoms with van der Waals surface area (Å²) in [6.07, 6.45) is 3.28. The van der Waals surface area contributed by atoms with Crippen LogP contribution in [0.2, 0.25) is 0 Å². The Morgan fingerprint density at radius 1 is 1.26 bits per heavy atom. The summed E-state index contributed by atoms with van der Waals surface area (Å²) >= 11 is 0. The molecule has 0 spiro atoms. The molecular formula is C14H21N3O2. The van der Waals surface area contributed by atoms with Crippen molar-refractivity contribution in [3.8, 4) is 0 Å². The highest BCUT2D eigenvalue weighted by molar-refractivity contribution is 5.80. The fourth-order valence-corrected chi connectivity index (χ4v) is 2.13. The third kappa shape index (κ3) is 4.22. The molecular weight excluding hydrogens is 242 g/mol. The molecule has 0 amide bonds. The van der Waals surface area contributed by atoms with Crippen LogP contribution in [0.4, 0.5) is 5.69 Å². The SMILES string of the molecule is OCCNN=Cc1ccc(N2CCC(O)CC2)cc1.